The predicted molar refractivity (Wildman–Crippen MR) is 109 cm³/mol. The van der Waals surface area contributed by atoms with E-state index in [1.165, 1.54) is 11.6 Å². The van der Waals surface area contributed by atoms with Crippen molar-refractivity contribution in [3.8, 4) is 0 Å². The molecule has 3 rings (SSSR count). The molecule has 0 amide bonds. The Labute approximate surface area is 164 Å². The SMILES string of the molecule is O=C(/C=C/c1ccc(CN[C@@H](CC2=CCc3ccccc32)C(=O)O)cc1)CO. The summed E-state index contributed by atoms with van der Waals surface area (Å²) in [7, 11) is 0. The first-order chi connectivity index (χ1) is 13.6. The second-order valence-corrected chi connectivity index (χ2v) is 6.77. The molecule has 2 aromatic carbocycles. The zero-order valence-electron chi connectivity index (χ0n) is 15.5. The maximum absolute atomic E-state index is 11.7. The lowest BCUT2D eigenvalue weighted by Crippen LogP contribution is -2.36. The van der Waals surface area contributed by atoms with E-state index in [4.69, 9.17) is 5.11 Å². The molecule has 0 saturated heterocycles. The third kappa shape index (κ3) is 5.03. The number of carbonyl (C=O) groups is 2. The van der Waals surface area contributed by atoms with Gasteiger partial charge in [-0.3, -0.25) is 9.59 Å². The van der Waals surface area contributed by atoms with Gasteiger partial charge in [0.15, 0.2) is 5.78 Å². The first-order valence-electron chi connectivity index (χ1n) is 9.21. The molecule has 0 unspecified atom stereocenters. The molecule has 0 heterocycles. The van der Waals surface area contributed by atoms with Crippen molar-refractivity contribution in [2.24, 2.45) is 0 Å². The van der Waals surface area contributed by atoms with Crippen LogP contribution in [0.15, 0.2) is 60.7 Å². The topological polar surface area (TPSA) is 86.6 Å². The number of aliphatic hydroxyl groups excluding tert-OH is 1. The molecule has 1 aliphatic rings. The molecular weight excluding hydrogens is 354 g/mol. The van der Waals surface area contributed by atoms with Gasteiger partial charge >= 0.3 is 5.97 Å². The van der Waals surface area contributed by atoms with Crippen LogP contribution in [0, 0.1) is 0 Å². The van der Waals surface area contributed by atoms with Crippen LogP contribution in [0.25, 0.3) is 11.6 Å². The van der Waals surface area contributed by atoms with Gasteiger partial charge < -0.3 is 15.5 Å². The third-order valence-electron chi connectivity index (χ3n) is 4.80. The molecule has 1 atom stereocenters. The van der Waals surface area contributed by atoms with Crippen molar-refractivity contribution in [3.05, 3.63) is 82.9 Å². The molecule has 0 bridgehead atoms. The van der Waals surface area contributed by atoms with Gasteiger partial charge in [0.2, 0.25) is 0 Å². The Balaban J connectivity index is 1.59. The van der Waals surface area contributed by atoms with Crippen LogP contribution in [0.4, 0.5) is 0 Å². The van der Waals surface area contributed by atoms with E-state index in [0.717, 1.165) is 28.7 Å². The number of fused-ring (bicyclic) bond motifs is 1. The summed E-state index contributed by atoms with van der Waals surface area (Å²) < 4.78 is 0. The predicted octanol–water partition coefficient (Wildman–Crippen LogP) is 2.83. The van der Waals surface area contributed by atoms with Crippen molar-refractivity contribution in [3.63, 3.8) is 0 Å². The Hall–Kier alpha value is -3.02. The van der Waals surface area contributed by atoms with Crippen LogP contribution in [-0.2, 0) is 22.6 Å². The largest absolute Gasteiger partial charge is 0.480 e. The van der Waals surface area contributed by atoms with E-state index in [9.17, 15) is 14.7 Å². The first kappa shape index (κ1) is 19.7. The van der Waals surface area contributed by atoms with Crippen molar-refractivity contribution < 1.29 is 19.8 Å². The molecule has 1 aliphatic carbocycles. The molecule has 0 spiro atoms. The van der Waals surface area contributed by atoms with Gasteiger partial charge in [-0.05, 0) is 46.7 Å². The minimum atomic E-state index is -0.868. The molecule has 3 N–H and O–H groups in total. The number of allylic oxidation sites excluding steroid dienone is 1. The number of carbonyl (C=O) groups excluding carboxylic acids is 1. The monoisotopic (exact) mass is 377 g/mol. The smallest absolute Gasteiger partial charge is 0.321 e. The fourth-order valence-corrected chi connectivity index (χ4v) is 3.24. The Kier molecular flexibility index (Phi) is 6.53. The highest BCUT2D eigenvalue weighted by Crippen LogP contribution is 2.30. The van der Waals surface area contributed by atoms with E-state index < -0.39 is 18.6 Å². The number of aliphatic carboxylic acids is 1. The summed E-state index contributed by atoms with van der Waals surface area (Å²) >= 11 is 0. The van der Waals surface area contributed by atoms with E-state index in [-0.39, 0.29) is 5.78 Å². The number of hydrogen-bond acceptors (Lipinski definition) is 4. The number of aliphatic hydroxyl groups is 1. The molecule has 0 radical (unpaired) electrons. The van der Waals surface area contributed by atoms with Crippen LogP contribution < -0.4 is 5.32 Å². The van der Waals surface area contributed by atoms with E-state index in [1.54, 1.807) is 6.08 Å². The summed E-state index contributed by atoms with van der Waals surface area (Å²) in [5.41, 5.74) is 5.25. The normalized spacial score (nSPS) is 14.0. The maximum atomic E-state index is 11.7. The van der Waals surface area contributed by atoms with Crippen LogP contribution >= 0.6 is 0 Å². The lowest BCUT2D eigenvalue weighted by molar-refractivity contribution is -0.139. The average Bonchev–Trinajstić information content (AvgIpc) is 3.12. The number of benzene rings is 2. The number of nitrogens with one attached hydrogen (secondary N) is 1. The first-order valence-corrected chi connectivity index (χ1v) is 9.21. The van der Waals surface area contributed by atoms with Gasteiger partial charge in [0.1, 0.15) is 12.6 Å². The van der Waals surface area contributed by atoms with Crippen LogP contribution in [0.5, 0.6) is 0 Å². The van der Waals surface area contributed by atoms with Crippen molar-refractivity contribution in [1.29, 1.82) is 0 Å². The summed E-state index contributed by atoms with van der Waals surface area (Å²) in [5.74, 6) is -1.22. The summed E-state index contributed by atoms with van der Waals surface area (Å²) in [4.78, 5) is 22.8. The molecule has 0 saturated carbocycles. The quantitative estimate of drug-likeness (QED) is 0.585. The Morgan fingerprint density at radius 2 is 1.86 bits per heavy atom. The molecule has 28 heavy (non-hydrogen) atoms. The second kappa shape index (κ2) is 9.26. The van der Waals surface area contributed by atoms with Gasteiger partial charge in [-0.2, -0.15) is 0 Å². The lowest BCUT2D eigenvalue weighted by Gasteiger charge is -2.16. The van der Waals surface area contributed by atoms with E-state index in [2.05, 4.69) is 17.5 Å². The molecule has 0 aliphatic heterocycles. The average molecular weight is 377 g/mol. The van der Waals surface area contributed by atoms with Gasteiger partial charge in [-0.1, -0.05) is 60.7 Å². The van der Waals surface area contributed by atoms with Crippen LogP contribution in [0.3, 0.4) is 0 Å². The summed E-state index contributed by atoms with van der Waals surface area (Å²) in [6.45, 7) is -0.0680. The number of rotatable bonds is 9. The van der Waals surface area contributed by atoms with Crippen LogP contribution in [-0.4, -0.2) is 34.6 Å². The third-order valence-corrected chi connectivity index (χ3v) is 4.80. The van der Waals surface area contributed by atoms with Crippen molar-refractivity contribution >= 4 is 23.4 Å². The number of hydrogen-bond donors (Lipinski definition) is 3. The molecule has 5 heteroatoms. The molecule has 0 fully saturated rings. The van der Waals surface area contributed by atoms with Gasteiger partial charge in [0.25, 0.3) is 0 Å². The summed E-state index contributed by atoms with van der Waals surface area (Å²) in [5, 5.41) is 21.4. The molecule has 2 aromatic rings. The number of ketones is 1. The van der Waals surface area contributed by atoms with E-state index in [1.807, 2.05) is 42.5 Å². The summed E-state index contributed by atoms with van der Waals surface area (Å²) in [6.07, 6.45) is 6.37. The fourth-order valence-electron chi connectivity index (χ4n) is 3.24. The van der Waals surface area contributed by atoms with Crippen molar-refractivity contribution in [2.75, 3.05) is 6.61 Å². The molecule has 144 valence electrons. The fraction of sp³-hybridized carbons (Fsp3) is 0.217. The van der Waals surface area contributed by atoms with Crippen molar-refractivity contribution in [2.45, 2.75) is 25.4 Å². The van der Waals surface area contributed by atoms with Gasteiger partial charge in [0, 0.05) is 6.54 Å². The standard InChI is InChI=1S/C23H23NO4/c25-15-20(26)12-9-16-5-7-17(8-6-16)14-24-22(23(27)28)13-19-11-10-18-3-1-2-4-21(18)19/h1-9,11-12,22,24-25H,10,13-15H2,(H,27,28)/b12-9+/t22-/m0/s1. The van der Waals surface area contributed by atoms with Crippen molar-refractivity contribution in [1.82, 2.24) is 5.32 Å². The highest BCUT2D eigenvalue weighted by atomic mass is 16.4. The van der Waals surface area contributed by atoms with E-state index >= 15 is 0 Å². The highest BCUT2D eigenvalue weighted by Gasteiger charge is 2.22. The Morgan fingerprint density at radius 3 is 2.57 bits per heavy atom. The van der Waals surface area contributed by atoms with Gasteiger partial charge in [-0.25, -0.2) is 0 Å². The summed E-state index contributed by atoms with van der Waals surface area (Å²) in [6, 6.07) is 14.9. The number of carboxylic acids is 1. The van der Waals surface area contributed by atoms with Gasteiger partial charge in [0.05, 0.1) is 0 Å². The van der Waals surface area contributed by atoms with Gasteiger partial charge in [-0.15, -0.1) is 0 Å². The zero-order chi connectivity index (χ0) is 19.9. The molecular formula is C23H23NO4. The Morgan fingerprint density at radius 1 is 1.11 bits per heavy atom. The highest BCUT2D eigenvalue weighted by molar-refractivity contribution is 5.94. The minimum absolute atomic E-state index is 0.349. The minimum Gasteiger partial charge on any atom is -0.480 e. The number of carboxylic acid groups (broad SMARTS) is 1. The molecule has 5 nitrogen and oxygen atoms in total. The van der Waals surface area contributed by atoms with Crippen LogP contribution in [0.1, 0.15) is 28.7 Å². The zero-order valence-corrected chi connectivity index (χ0v) is 15.5. The second-order valence-electron chi connectivity index (χ2n) is 6.77. The van der Waals surface area contributed by atoms with Crippen LogP contribution in [0.2, 0.25) is 0 Å². The maximum Gasteiger partial charge on any atom is 0.321 e. The van der Waals surface area contributed by atoms with E-state index in [0.29, 0.717) is 13.0 Å². The lowest BCUT2D eigenvalue weighted by atomic mass is 9.99. The molecule has 0 aromatic heterocycles. The Bertz CT molecular complexity index is 912.